The van der Waals surface area contributed by atoms with E-state index in [-0.39, 0.29) is 42.4 Å². The van der Waals surface area contributed by atoms with Gasteiger partial charge < -0.3 is 15.4 Å². The van der Waals surface area contributed by atoms with Crippen molar-refractivity contribution in [2.75, 3.05) is 13.1 Å². The van der Waals surface area contributed by atoms with Crippen LogP contribution in [0.4, 0.5) is 4.39 Å². The molecule has 1 saturated carbocycles. The van der Waals surface area contributed by atoms with Crippen molar-refractivity contribution in [3.63, 3.8) is 0 Å². The fourth-order valence-electron chi connectivity index (χ4n) is 3.88. The fraction of sp³-hybridized carbons (Fsp3) is 0.632. The summed E-state index contributed by atoms with van der Waals surface area (Å²) in [5.41, 5.74) is 6.32. The Balaban J connectivity index is 0.00000225. The monoisotopic (exact) mass is 370 g/mol. The third-order valence-electron chi connectivity index (χ3n) is 5.27. The van der Waals surface area contributed by atoms with E-state index in [1.54, 1.807) is 12.1 Å². The van der Waals surface area contributed by atoms with Gasteiger partial charge >= 0.3 is 0 Å². The average molecular weight is 371 g/mol. The van der Waals surface area contributed by atoms with E-state index in [0.717, 1.165) is 38.5 Å². The fourth-order valence-corrected chi connectivity index (χ4v) is 3.88. The van der Waals surface area contributed by atoms with Crippen LogP contribution in [0.2, 0.25) is 0 Å². The summed E-state index contributed by atoms with van der Waals surface area (Å²) < 4.78 is 19.7. The minimum Gasteiger partial charge on any atom is -0.364 e. The lowest BCUT2D eigenvalue weighted by Crippen LogP contribution is -2.46. The molecule has 2 N–H and O–H groups in total. The first-order valence-electron chi connectivity index (χ1n) is 9.08. The molecule has 1 aliphatic carbocycles. The molecule has 1 aliphatic heterocycles. The molecule has 140 valence electrons. The van der Waals surface area contributed by atoms with E-state index in [0.29, 0.717) is 25.1 Å². The quantitative estimate of drug-likeness (QED) is 0.837. The minimum atomic E-state index is -0.375. The van der Waals surface area contributed by atoms with Crippen LogP contribution in [0, 0.1) is 5.82 Å². The maximum absolute atomic E-state index is 13.9. The molecule has 0 spiro atoms. The molecule has 3 rings (SSSR count). The van der Waals surface area contributed by atoms with Crippen molar-refractivity contribution in [3.8, 4) is 0 Å². The van der Waals surface area contributed by atoms with Crippen LogP contribution in [-0.2, 0) is 16.0 Å². The molecule has 1 heterocycles. The molecule has 0 aromatic heterocycles. The predicted octanol–water partition coefficient (Wildman–Crippen LogP) is 3.07. The number of ether oxygens (including phenoxy) is 1. The van der Waals surface area contributed by atoms with E-state index >= 15 is 0 Å². The van der Waals surface area contributed by atoms with Gasteiger partial charge in [-0.1, -0.05) is 31.0 Å². The van der Waals surface area contributed by atoms with Gasteiger partial charge in [0, 0.05) is 19.1 Å². The van der Waals surface area contributed by atoms with Crippen molar-refractivity contribution in [1.82, 2.24) is 4.90 Å². The summed E-state index contributed by atoms with van der Waals surface area (Å²) in [6.07, 6.45) is 6.14. The Hall–Kier alpha value is -1.17. The van der Waals surface area contributed by atoms with Crippen molar-refractivity contribution in [1.29, 1.82) is 0 Å². The molecule has 2 aliphatic rings. The number of benzene rings is 1. The summed E-state index contributed by atoms with van der Waals surface area (Å²) in [5, 5.41) is 0. The van der Waals surface area contributed by atoms with Crippen LogP contribution in [0.3, 0.4) is 0 Å². The molecule has 6 heteroatoms. The Morgan fingerprint density at radius 3 is 2.56 bits per heavy atom. The first-order valence-corrected chi connectivity index (χ1v) is 9.08. The number of nitrogens with zero attached hydrogens (tertiary/aromatic N) is 1. The van der Waals surface area contributed by atoms with Gasteiger partial charge in [0.05, 0.1) is 6.10 Å². The van der Waals surface area contributed by atoms with Crippen LogP contribution in [0.15, 0.2) is 24.3 Å². The highest BCUT2D eigenvalue weighted by Gasteiger charge is 2.36. The average Bonchev–Trinajstić information content (AvgIpc) is 3.28. The molecule has 0 unspecified atom stereocenters. The highest BCUT2D eigenvalue weighted by molar-refractivity contribution is 5.85. The van der Waals surface area contributed by atoms with E-state index in [1.165, 1.54) is 6.07 Å². The van der Waals surface area contributed by atoms with E-state index in [9.17, 15) is 9.18 Å². The molecule has 1 aromatic carbocycles. The lowest BCUT2D eigenvalue weighted by atomic mass is 10.1. The largest absolute Gasteiger partial charge is 0.364 e. The maximum atomic E-state index is 13.9. The zero-order valence-corrected chi connectivity index (χ0v) is 15.3. The Labute approximate surface area is 155 Å². The van der Waals surface area contributed by atoms with Crippen molar-refractivity contribution in [2.45, 2.75) is 63.2 Å². The summed E-state index contributed by atoms with van der Waals surface area (Å²) in [4.78, 5) is 14.9. The summed E-state index contributed by atoms with van der Waals surface area (Å²) in [7, 11) is 0. The van der Waals surface area contributed by atoms with Crippen molar-refractivity contribution < 1.29 is 13.9 Å². The second kappa shape index (κ2) is 9.51. The van der Waals surface area contributed by atoms with E-state index in [4.69, 9.17) is 10.5 Å². The van der Waals surface area contributed by atoms with Crippen molar-refractivity contribution in [3.05, 3.63) is 35.6 Å². The highest BCUT2D eigenvalue weighted by atomic mass is 35.5. The molecule has 1 aromatic rings. The SMILES string of the molecule is Cl.NC[C@H]1CC[C@@H](C(=O)N(CCc2ccccc2F)C2CCCC2)O1. The van der Waals surface area contributed by atoms with Gasteiger partial charge in [0.1, 0.15) is 11.9 Å². The molecule has 0 bridgehead atoms. The molecule has 0 radical (unpaired) electrons. The summed E-state index contributed by atoms with van der Waals surface area (Å²) in [5.74, 6) is -0.133. The summed E-state index contributed by atoms with van der Waals surface area (Å²) in [6, 6.07) is 7.07. The number of amides is 1. The summed E-state index contributed by atoms with van der Waals surface area (Å²) in [6.45, 7) is 1.01. The first kappa shape index (κ1) is 20.1. The predicted molar refractivity (Wildman–Crippen MR) is 98.3 cm³/mol. The van der Waals surface area contributed by atoms with Crippen LogP contribution in [0.1, 0.15) is 44.1 Å². The van der Waals surface area contributed by atoms with E-state index in [1.807, 2.05) is 11.0 Å². The molecule has 2 fully saturated rings. The topological polar surface area (TPSA) is 55.6 Å². The van der Waals surface area contributed by atoms with Crippen molar-refractivity contribution in [2.24, 2.45) is 5.73 Å². The molecule has 4 nitrogen and oxygen atoms in total. The third kappa shape index (κ3) is 4.93. The van der Waals surface area contributed by atoms with Crippen molar-refractivity contribution >= 4 is 18.3 Å². The Morgan fingerprint density at radius 1 is 1.20 bits per heavy atom. The zero-order valence-electron chi connectivity index (χ0n) is 14.5. The standard InChI is InChI=1S/C19H27FN2O2.ClH/c20-17-8-4-1-5-14(17)11-12-22(15-6-2-3-7-15)19(23)18-10-9-16(13-21)24-18;/h1,4-5,8,15-16,18H,2-3,6-7,9-13,21H2;1H/t16-,18+;/m1./s1. The number of nitrogens with two attached hydrogens (primary N) is 1. The lowest BCUT2D eigenvalue weighted by Gasteiger charge is -2.31. The van der Waals surface area contributed by atoms with Gasteiger partial charge in [0.15, 0.2) is 0 Å². The smallest absolute Gasteiger partial charge is 0.251 e. The van der Waals surface area contributed by atoms with Crippen LogP contribution in [0.5, 0.6) is 0 Å². The van der Waals surface area contributed by atoms with Gasteiger partial charge in [-0.15, -0.1) is 12.4 Å². The Bertz CT molecular complexity index is 566. The molecular formula is C19H28ClFN2O2. The number of carbonyl (C=O) groups is 1. The molecule has 1 saturated heterocycles. The molecule has 1 amide bonds. The normalized spacial score (nSPS) is 23.4. The molecule has 2 atom stereocenters. The first-order chi connectivity index (χ1) is 11.7. The molecule has 25 heavy (non-hydrogen) atoms. The van der Waals surface area contributed by atoms with Gasteiger partial charge in [0.25, 0.3) is 5.91 Å². The van der Waals surface area contributed by atoms with Crippen LogP contribution in [0.25, 0.3) is 0 Å². The number of rotatable bonds is 6. The zero-order chi connectivity index (χ0) is 16.9. The third-order valence-corrected chi connectivity index (χ3v) is 5.27. The number of carbonyl (C=O) groups excluding carboxylic acids is 1. The van der Waals surface area contributed by atoms with Crippen LogP contribution < -0.4 is 5.73 Å². The maximum Gasteiger partial charge on any atom is 0.251 e. The highest BCUT2D eigenvalue weighted by Crippen LogP contribution is 2.28. The van der Waals surface area contributed by atoms with Gasteiger partial charge in [-0.25, -0.2) is 4.39 Å². The molecular weight excluding hydrogens is 343 g/mol. The second-order valence-electron chi connectivity index (χ2n) is 6.87. The van der Waals surface area contributed by atoms with Gasteiger partial charge in [-0.2, -0.15) is 0 Å². The second-order valence-corrected chi connectivity index (χ2v) is 6.87. The number of halogens is 2. The Kier molecular flexibility index (Phi) is 7.66. The van der Waals surface area contributed by atoms with E-state index < -0.39 is 0 Å². The lowest BCUT2D eigenvalue weighted by molar-refractivity contribution is -0.145. The van der Waals surface area contributed by atoms with Gasteiger partial charge in [-0.05, 0) is 43.7 Å². The van der Waals surface area contributed by atoms with Gasteiger partial charge in [0.2, 0.25) is 0 Å². The van der Waals surface area contributed by atoms with Gasteiger partial charge in [-0.3, -0.25) is 4.79 Å². The number of hydrogen-bond acceptors (Lipinski definition) is 3. The minimum absolute atomic E-state index is 0. The van der Waals surface area contributed by atoms with Crippen LogP contribution >= 0.6 is 12.4 Å². The number of hydrogen-bond donors (Lipinski definition) is 1. The Morgan fingerprint density at radius 2 is 1.92 bits per heavy atom. The van der Waals surface area contributed by atoms with E-state index in [2.05, 4.69) is 0 Å². The summed E-state index contributed by atoms with van der Waals surface area (Å²) >= 11 is 0. The van der Waals surface area contributed by atoms with Crippen LogP contribution in [-0.4, -0.2) is 42.1 Å².